The number of para-hydroxylation sites is 1. The normalized spacial score (nSPS) is 27.2. The molecule has 0 aliphatic heterocycles. The average Bonchev–Trinajstić information content (AvgIpc) is 2.85. The molecule has 0 radical (unpaired) electrons. The summed E-state index contributed by atoms with van der Waals surface area (Å²) in [5, 5.41) is -0.180. The lowest BCUT2D eigenvalue weighted by Crippen LogP contribution is -2.52. The van der Waals surface area contributed by atoms with Crippen LogP contribution in [0.1, 0.15) is 13.3 Å². The highest BCUT2D eigenvalue weighted by molar-refractivity contribution is 6.22. The number of anilines is 1. The van der Waals surface area contributed by atoms with Crippen LogP contribution in [0.15, 0.2) is 43.0 Å². The first-order chi connectivity index (χ1) is 11.0. The Balaban J connectivity index is 2.38. The summed E-state index contributed by atoms with van der Waals surface area (Å²) in [7, 11) is 3.68. The van der Waals surface area contributed by atoms with Gasteiger partial charge in [0.25, 0.3) is 0 Å². The first kappa shape index (κ1) is 18.0. The Bertz CT molecular complexity index is 537. The molecule has 1 aliphatic rings. The van der Waals surface area contributed by atoms with Crippen molar-refractivity contribution in [1.29, 1.82) is 0 Å². The molecule has 2 rings (SSSR count). The number of halogens is 1. The number of hydrogen-bond donors (Lipinski definition) is 0. The van der Waals surface area contributed by atoms with Crippen molar-refractivity contribution in [3.05, 3.63) is 43.0 Å². The van der Waals surface area contributed by atoms with Crippen molar-refractivity contribution in [3.8, 4) is 0 Å². The molecule has 5 heteroatoms. The fourth-order valence-electron chi connectivity index (χ4n) is 3.48. The first-order valence-corrected chi connectivity index (χ1v) is 8.27. The number of nitrogens with zero attached hydrogens (tertiary/aromatic N) is 2. The van der Waals surface area contributed by atoms with Crippen molar-refractivity contribution < 1.29 is 9.53 Å². The van der Waals surface area contributed by atoms with E-state index in [4.69, 9.17) is 16.3 Å². The van der Waals surface area contributed by atoms with Gasteiger partial charge < -0.3 is 9.64 Å². The zero-order valence-corrected chi connectivity index (χ0v) is 14.7. The van der Waals surface area contributed by atoms with E-state index in [-0.39, 0.29) is 29.5 Å². The number of likely N-dealkylation sites (N-methyl/N-ethyl adjacent to an activating group) is 1. The lowest BCUT2D eigenvalue weighted by Gasteiger charge is -2.37. The van der Waals surface area contributed by atoms with Crippen molar-refractivity contribution in [2.45, 2.75) is 36.9 Å². The van der Waals surface area contributed by atoms with Crippen LogP contribution in [0.25, 0.3) is 0 Å². The Morgan fingerprint density at radius 3 is 2.61 bits per heavy atom. The van der Waals surface area contributed by atoms with Crippen LogP contribution in [-0.4, -0.2) is 55.1 Å². The summed E-state index contributed by atoms with van der Waals surface area (Å²) in [6.45, 7) is 6.11. The van der Waals surface area contributed by atoms with Crippen LogP contribution in [-0.2, 0) is 9.53 Å². The molecule has 4 nitrogen and oxygen atoms in total. The van der Waals surface area contributed by atoms with E-state index in [0.29, 0.717) is 13.0 Å². The van der Waals surface area contributed by atoms with Crippen molar-refractivity contribution in [1.82, 2.24) is 4.90 Å². The summed E-state index contributed by atoms with van der Waals surface area (Å²) in [5.41, 5.74) is 0.891. The summed E-state index contributed by atoms with van der Waals surface area (Å²) < 4.78 is 5.56. The number of carbonyl (C=O) groups excluding carboxylic acids is 1. The molecular formula is C18H25ClN2O2. The molecule has 1 aromatic rings. The van der Waals surface area contributed by atoms with Crippen molar-refractivity contribution in [2.75, 3.05) is 25.6 Å². The van der Waals surface area contributed by atoms with Crippen LogP contribution < -0.4 is 4.90 Å². The summed E-state index contributed by atoms with van der Waals surface area (Å²) in [6, 6.07) is 9.70. The fraction of sp³-hybridized carbons (Fsp3) is 0.500. The minimum atomic E-state index is -0.180. The minimum Gasteiger partial charge on any atom is -0.380 e. The van der Waals surface area contributed by atoms with E-state index in [2.05, 4.69) is 11.5 Å². The highest BCUT2D eigenvalue weighted by Gasteiger charge is 2.48. The van der Waals surface area contributed by atoms with Crippen LogP contribution in [0.3, 0.4) is 0 Å². The van der Waals surface area contributed by atoms with E-state index in [1.54, 1.807) is 14.0 Å². The molecule has 1 fully saturated rings. The fourth-order valence-corrected chi connectivity index (χ4v) is 4.05. The molecule has 0 heterocycles. The quantitative estimate of drug-likeness (QED) is 0.591. The van der Waals surface area contributed by atoms with Gasteiger partial charge in [-0.2, -0.15) is 0 Å². The molecule has 1 aliphatic carbocycles. The Morgan fingerprint density at radius 2 is 2.09 bits per heavy atom. The van der Waals surface area contributed by atoms with E-state index < -0.39 is 0 Å². The number of carbonyl (C=O) groups is 1. The third-order valence-corrected chi connectivity index (χ3v) is 5.02. The molecule has 0 bridgehead atoms. The van der Waals surface area contributed by atoms with Gasteiger partial charge in [-0.05, 0) is 25.6 Å². The lowest BCUT2D eigenvalue weighted by molar-refractivity contribution is -0.117. The number of rotatable bonds is 6. The topological polar surface area (TPSA) is 32.8 Å². The molecule has 0 saturated heterocycles. The number of amides is 1. The van der Waals surface area contributed by atoms with Gasteiger partial charge in [0.05, 0.1) is 17.5 Å². The smallest absolute Gasteiger partial charge is 0.224 e. The van der Waals surface area contributed by atoms with Crippen LogP contribution in [0.4, 0.5) is 5.69 Å². The molecule has 4 unspecified atom stereocenters. The summed E-state index contributed by atoms with van der Waals surface area (Å²) in [6.07, 6.45) is 2.48. The Labute approximate surface area is 143 Å². The summed E-state index contributed by atoms with van der Waals surface area (Å²) in [5.74, 6) is 0.0128. The number of ether oxygens (including phenoxy) is 1. The maximum Gasteiger partial charge on any atom is 0.224 e. The van der Waals surface area contributed by atoms with Gasteiger partial charge in [0.15, 0.2) is 0 Å². The molecule has 126 valence electrons. The molecule has 0 aromatic heterocycles. The van der Waals surface area contributed by atoms with E-state index >= 15 is 0 Å². The third kappa shape index (κ3) is 3.77. The second-order valence-corrected chi connectivity index (χ2v) is 6.47. The van der Waals surface area contributed by atoms with Gasteiger partial charge in [0, 0.05) is 32.3 Å². The molecule has 1 amide bonds. The van der Waals surface area contributed by atoms with Gasteiger partial charge in [-0.1, -0.05) is 24.3 Å². The van der Waals surface area contributed by atoms with Crippen LogP contribution in [0.2, 0.25) is 0 Å². The third-order valence-electron chi connectivity index (χ3n) is 4.48. The van der Waals surface area contributed by atoms with Crippen LogP contribution in [0.5, 0.6) is 0 Å². The largest absolute Gasteiger partial charge is 0.380 e. The van der Waals surface area contributed by atoms with Gasteiger partial charge in [-0.15, -0.1) is 18.2 Å². The predicted molar refractivity (Wildman–Crippen MR) is 95.1 cm³/mol. The lowest BCUT2D eigenvalue weighted by atomic mass is 10.1. The second kappa shape index (κ2) is 7.95. The van der Waals surface area contributed by atoms with E-state index in [9.17, 15) is 4.79 Å². The van der Waals surface area contributed by atoms with Crippen molar-refractivity contribution in [2.24, 2.45) is 0 Å². The van der Waals surface area contributed by atoms with Gasteiger partial charge in [0.1, 0.15) is 0 Å². The molecule has 4 atom stereocenters. The molecule has 0 spiro atoms. The zero-order chi connectivity index (χ0) is 17.0. The van der Waals surface area contributed by atoms with Crippen LogP contribution in [0, 0.1) is 0 Å². The zero-order valence-electron chi connectivity index (χ0n) is 14.0. The van der Waals surface area contributed by atoms with Crippen molar-refractivity contribution in [3.63, 3.8) is 0 Å². The summed E-state index contributed by atoms with van der Waals surface area (Å²) in [4.78, 5) is 16.4. The minimum absolute atomic E-state index is 0.00345. The standard InChI is InChI=1S/C18H25ClN2O2/c1-5-11-20(3)18-15(12-16(23-4)17(18)19)21(13(2)22)14-9-7-6-8-10-14/h5-10,15-18H,1,11-12H2,2-4H3. The van der Waals surface area contributed by atoms with Gasteiger partial charge >= 0.3 is 0 Å². The maximum atomic E-state index is 12.4. The maximum absolute atomic E-state index is 12.4. The Morgan fingerprint density at radius 1 is 1.43 bits per heavy atom. The van der Waals surface area contributed by atoms with E-state index in [1.807, 2.05) is 48.4 Å². The SMILES string of the molecule is C=CCN(C)C1C(Cl)C(OC)CC1N(C(C)=O)c1ccccc1. The van der Waals surface area contributed by atoms with Crippen LogP contribution >= 0.6 is 11.6 Å². The molecule has 23 heavy (non-hydrogen) atoms. The van der Waals surface area contributed by atoms with Gasteiger partial charge in [-0.3, -0.25) is 9.69 Å². The number of hydrogen-bond acceptors (Lipinski definition) is 3. The second-order valence-electron chi connectivity index (χ2n) is 5.97. The Kier molecular flexibility index (Phi) is 6.22. The molecule has 1 aromatic carbocycles. The average molecular weight is 337 g/mol. The van der Waals surface area contributed by atoms with Gasteiger partial charge in [0.2, 0.25) is 5.91 Å². The molecule has 0 N–H and O–H groups in total. The first-order valence-electron chi connectivity index (χ1n) is 7.84. The highest BCUT2D eigenvalue weighted by Crippen LogP contribution is 2.36. The highest BCUT2D eigenvalue weighted by atomic mass is 35.5. The number of benzene rings is 1. The van der Waals surface area contributed by atoms with E-state index in [0.717, 1.165) is 5.69 Å². The monoisotopic (exact) mass is 336 g/mol. The van der Waals surface area contributed by atoms with E-state index in [1.165, 1.54) is 0 Å². The summed E-state index contributed by atoms with van der Waals surface area (Å²) >= 11 is 6.67. The number of methoxy groups -OCH3 is 1. The number of alkyl halides is 1. The van der Waals surface area contributed by atoms with Gasteiger partial charge in [-0.25, -0.2) is 0 Å². The Hall–Kier alpha value is -1.36. The van der Waals surface area contributed by atoms with Crippen molar-refractivity contribution >= 4 is 23.2 Å². The molecular weight excluding hydrogens is 312 g/mol. The predicted octanol–water partition coefficient (Wildman–Crippen LogP) is 2.92. The molecule has 1 saturated carbocycles.